The number of aromatic nitrogens is 1. The lowest BCUT2D eigenvalue weighted by Gasteiger charge is -2.25. The second-order valence-electron chi connectivity index (χ2n) is 6.42. The predicted molar refractivity (Wildman–Crippen MR) is 82.6 cm³/mol. The summed E-state index contributed by atoms with van der Waals surface area (Å²) < 4.78 is 5.63. The van der Waals surface area contributed by atoms with Gasteiger partial charge < -0.3 is 15.0 Å². The number of hydrogen-bond donors (Lipinski definition) is 1. The first-order valence-electron chi connectivity index (χ1n) is 7.66. The summed E-state index contributed by atoms with van der Waals surface area (Å²) in [6, 6.07) is 0. The van der Waals surface area contributed by atoms with Crippen LogP contribution in [0.3, 0.4) is 0 Å². The summed E-state index contributed by atoms with van der Waals surface area (Å²) in [4.78, 5) is 19.0. The second-order valence-corrected chi connectivity index (χ2v) is 7.31. The molecular formula is C15H23N3O2S. The van der Waals surface area contributed by atoms with Gasteiger partial charge in [0.1, 0.15) is 4.88 Å². The third kappa shape index (κ3) is 3.62. The molecule has 2 aliphatic heterocycles. The van der Waals surface area contributed by atoms with Crippen LogP contribution in [0.5, 0.6) is 0 Å². The van der Waals surface area contributed by atoms with E-state index in [0.717, 1.165) is 44.1 Å². The number of likely N-dealkylation sites (tertiary alicyclic amines) is 1. The van der Waals surface area contributed by atoms with E-state index in [0.29, 0.717) is 6.10 Å². The van der Waals surface area contributed by atoms with Crippen molar-refractivity contribution in [2.75, 3.05) is 32.8 Å². The lowest BCUT2D eigenvalue weighted by atomic mass is 9.90. The lowest BCUT2D eigenvalue weighted by Crippen LogP contribution is -2.39. The van der Waals surface area contributed by atoms with Crippen LogP contribution in [0.15, 0.2) is 11.7 Å². The smallest absolute Gasteiger partial charge is 0.265 e. The minimum Gasteiger partial charge on any atom is -0.377 e. The highest BCUT2D eigenvalue weighted by Crippen LogP contribution is 2.30. The van der Waals surface area contributed by atoms with Crippen LogP contribution in [0.25, 0.3) is 0 Å². The van der Waals surface area contributed by atoms with Crippen molar-refractivity contribution in [1.29, 1.82) is 0 Å². The van der Waals surface area contributed by atoms with Gasteiger partial charge in [0.15, 0.2) is 0 Å². The molecule has 2 saturated heterocycles. The summed E-state index contributed by atoms with van der Waals surface area (Å²) in [7, 11) is 0. The Balaban J connectivity index is 1.47. The molecular weight excluding hydrogens is 286 g/mol. The SMILES string of the molecule is CC1(CNCC2CCCO2)CCN(C(=O)c2cncs2)C1. The van der Waals surface area contributed by atoms with Crippen molar-refractivity contribution in [3.05, 3.63) is 16.6 Å². The van der Waals surface area contributed by atoms with E-state index in [2.05, 4.69) is 17.2 Å². The zero-order chi connectivity index (χ0) is 14.7. The molecule has 2 aliphatic rings. The zero-order valence-corrected chi connectivity index (χ0v) is 13.3. The molecule has 116 valence electrons. The molecule has 3 rings (SSSR count). The van der Waals surface area contributed by atoms with E-state index in [9.17, 15) is 4.79 Å². The summed E-state index contributed by atoms with van der Waals surface area (Å²) in [5, 5.41) is 3.53. The molecule has 1 N–H and O–H groups in total. The number of hydrogen-bond acceptors (Lipinski definition) is 5. The minimum absolute atomic E-state index is 0.125. The van der Waals surface area contributed by atoms with Crippen LogP contribution in [-0.2, 0) is 4.74 Å². The van der Waals surface area contributed by atoms with E-state index in [4.69, 9.17) is 4.74 Å². The van der Waals surface area contributed by atoms with Gasteiger partial charge in [-0.3, -0.25) is 9.78 Å². The lowest BCUT2D eigenvalue weighted by molar-refractivity contribution is 0.0776. The molecule has 5 nitrogen and oxygen atoms in total. The number of amides is 1. The highest BCUT2D eigenvalue weighted by molar-refractivity contribution is 7.11. The molecule has 0 radical (unpaired) electrons. The third-order valence-corrected chi connectivity index (χ3v) is 5.20. The van der Waals surface area contributed by atoms with E-state index in [1.807, 2.05) is 4.90 Å². The van der Waals surface area contributed by atoms with Crippen LogP contribution in [0.4, 0.5) is 0 Å². The maximum absolute atomic E-state index is 12.3. The van der Waals surface area contributed by atoms with E-state index in [1.165, 1.54) is 24.2 Å². The van der Waals surface area contributed by atoms with Gasteiger partial charge in [0.2, 0.25) is 0 Å². The molecule has 2 atom stereocenters. The summed E-state index contributed by atoms with van der Waals surface area (Å²) in [5.74, 6) is 0.125. The van der Waals surface area contributed by atoms with Gasteiger partial charge in [0, 0.05) is 32.8 Å². The summed E-state index contributed by atoms with van der Waals surface area (Å²) in [6.45, 7) is 6.70. The summed E-state index contributed by atoms with van der Waals surface area (Å²) in [6.07, 6.45) is 5.44. The Labute approximate surface area is 129 Å². The molecule has 0 aliphatic carbocycles. The third-order valence-electron chi connectivity index (χ3n) is 4.44. The number of carbonyl (C=O) groups excluding carboxylic acids is 1. The van der Waals surface area contributed by atoms with Gasteiger partial charge in [-0.05, 0) is 24.7 Å². The van der Waals surface area contributed by atoms with Gasteiger partial charge in [-0.2, -0.15) is 0 Å². The van der Waals surface area contributed by atoms with Crippen molar-refractivity contribution in [1.82, 2.24) is 15.2 Å². The van der Waals surface area contributed by atoms with Gasteiger partial charge in [-0.1, -0.05) is 6.92 Å². The standard InChI is InChI=1S/C15H23N3O2S/c1-15(9-16-7-12-3-2-6-20-12)4-5-18(10-15)14(19)13-8-17-11-21-13/h8,11-12,16H,2-7,9-10H2,1H3. The van der Waals surface area contributed by atoms with Crippen LogP contribution < -0.4 is 5.32 Å². The second kappa shape index (κ2) is 6.42. The van der Waals surface area contributed by atoms with E-state index >= 15 is 0 Å². The molecule has 6 heteroatoms. The fraction of sp³-hybridized carbons (Fsp3) is 0.733. The topological polar surface area (TPSA) is 54.5 Å². The molecule has 2 fully saturated rings. The van der Waals surface area contributed by atoms with Gasteiger partial charge in [-0.15, -0.1) is 11.3 Å². The van der Waals surface area contributed by atoms with E-state index in [-0.39, 0.29) is 11.3 Å². The Morgan fingerprint density at radius 1 is 1.67 bits per heavy atom. The van der Waals surface area contributed by atoms with Crippen molar-refractivity contribution in [3.63, 3.8) is 0 Å². The first kappa shape index (κ1) is 14.9. The quantitative estimate of drug-likeness (QED) is 0.900. The molecule has 1 aromatic heterocycles. The molecule has 1 amide bonds. The normalized spacial score (nSPS) is 29.2. The van der Waals surface area contributed by atoms with Gasteiger partial charge >= 0.3 is 0 Å². The van der Waals surface area contributed by atoms with Crippen LogP contribution in [0, 0.1) is 5.41 Å². The van der Waals surface area contributed by atoms with E-state index < -0.39 is 0 Å². The number of ether oxygens (including phenoxy) is 1. The Kier molecular flexibility index (Phi) is 4.57. The Morgan fingerprint density at radius 3 is 3.29 bits per heavy atom. The molecule has 2 unspecified atom stereocenters. The summed E-state index contributed by atoms with van der Waals surface area (Å²) in [5.41, 5.74) is 1.88. The van der Waals surface area contributed by atoms with Crippen LogP contribution in [0.2, 0.25) is 0 Å². The van der Waals surface area contributed by atoms with E-state index in [1.54, 1.807) is 11.7 Å². The Hall–Kier alpha value is -0.980. The predicted octanol–water partition coefficient (Wildman–Crippen LogP) is 1.76. The van der Waals surface area contributed by atoms with Crippen molar-refractivity contribution >= 4 is 17.2 Å². The van der Waals surface area contributed by atoms with Crippen molar-refractivity contribution in [2.24, 2.45) is 5.41 Å². The van der Waals surface area contributed by atoms with Crippen LogP contribution >= 0.6 is 11.3 Å². The first-order valence-corrected chi connectivity index (χ1v) is 8.54. The largest absolute Gasteiger partial charge is 0.377 e. The fourth-order valence-corrected chi connectivity index (χ4v) is 3.75. The maximum atomic E-state index is 12.3. The van der Waals surface area contributed by atoms with Gasteiger partial charge in [-0.25, -0.2) is 0 Å². The maximum Gasteiger partial charge on any atom is 0.265 e. The molecule has 21 heavy (non-hydrogen) atoms. The van der Waals surface area contributed by atoms with Crippen molar-refractivity contribution < 1.29 is 9.53 Å². The fourth-order valence-electron chi connectivity index (χ4n) is 3.16. The number of rotatable bonds is 5. The first-order chi connectivity index (χ1) is 10.2. The number of thiazole rings is 1. The molecule has 1 aromatic rings. The monoisotopic (exact) mass is 309 g/mol. The van der Waals surface area contributed by atoms with Crippen LogP contribution in [0.1, 0.15) is 35.9 Å². The summed E-state index contributed by atoms with van der Waals surface area (Å²) >= 11 is 1.42. The zero-order valence-electron chi connectivity index (χ0n) is 12.5. The van der Waals surface area contributed by atoms with Crippen molar-refractivity contribution in [2.45, 2.75) is 32.3 Å². The van der Waals surface area contributed by atoms with Gasteiger partial charge in [0.05, 0.1) is 17.8 Å². The highest BCUT2D eigenvalue weighted by Gasteiger charge is 2.36. The molecule has 0 aromatic carbocycles. The average Bonchev–Trinajstić information content (AvgIpc) is 3.19. The number of nitrogens with one attached hydrogen (secondary N) is 1. The van der Waals surface area contributed by atoms with Gasteiger partial charge in [0.25, 0.3) is 5.91 Å². The Bertz CT molecular complexity index is 473. The number of carbonyl (C=O) groups is 1. The van der Waals surface area contributed by atoms with Crippen LogP contribution in [-0.4, -0.2) is 54.7 Å². The number of nitrogens with zero attached hydrogens (tertiary/aromatic N) is 2. The van der Waals surface area contributed by atoms with Crippen molar-refractivity contribution in [3.8, 4) is 0 Å². The molecule has 0 saturated carbocycles. The molecule has 0 bridgehead atoms. The average molecular weight is 309 g/mol. The minimum atomic E-state index is 0.125. The Morgan fingerprint density at radius 2 is 2.57 bits per heavy atom. The highest BCUT2D eigenvalue weighted by atomic mass is 32.1. The molecule has 0 spiro atoms. The molecule has 3 heterocycles.